The Morgan fingerprint density at radius 1 is 0.381 bits per heavy atom. The Balaban J connectivity index is 3.92. The highest BCUT2D eigenvalue weighted by Gasteiger charge is 2.27. The highest BCUT2D eigenvalue weighted by atomic mass is 31.2. The zero-order valence-electron chi connectivity index (χ0n) is 55.9. The first-order chi connectivity index (χ1) is 41.0. The van der Waals surface area contributed by atoms with Crippen LogP contribution in [0.5, 0.6) is 0 Å². The fraction of sp³-hybridized carbons (Fsp3) is 0.811. The molecule has 10 heteroatoms. The molecule has 0 radical (unpaired) electrons. The van der Waals surface area contributed by atoms with Gasteiger partial charge >= 0.3 is 19.8 Å². The van der Waals surface area contributed by atoms with Crippen molar-refractivity contribution in [1.82, 2.24) is 0 Å². The maximum absolute atomic E-state index is 12.8. The molecule has 490 valence electrons. The summed E-state index contributed by atoms with van der Waals surface area (Å²) in [5, 5.41) is 0. The molecule has 2 unspecified atom stereocenters. The van der Waals surface area contributed by atoms with Gasteiger partial charge in [0.25, 0.3) is 0 Å². The van der Waals surface area contributed by atoms with E-state index in [1.165, 1.54) is 225 Å². The number of ether oxygens (including phenoxy) is 2. The Morgan fingerprint density at radius 3 is 1.01 bits per heavy atom. The highest BCUT2D eigenvalue weighted by Crippen LogP contribution is 2.43. The molecule has 84 heavy (non-hydrogen) atoms. The summed E-state index contributed by atoms with van der Waals surface area (Å²) in [5.41, 5.74) is 0. The van der Waals surface area contributed by atoms with Crippen molar-refractivity contribution in [3.8, 4) is 0 Å². The molecule has 0 aromatic rings. The first-order valence-electron chi connectivity index (χ1n) is 35.7. The van der Waals surface area contributed by atoms with Crippen LogP contribution in [0.2, 0.25) is 0 Å². The second-order valence-electron chi connectivity index (χ2n) is 25.2. The van der Waals surface area contributed by atoms with Gasteiger partial charge in [0.15, 0.2) is 6.10 Å². The van der Waals surface area contributed by atoms with Crippen LogP contribution in [0.4, 0.5) is 0 Å². The number of unbranched alkanes of at least 4 members (excludes halogenated alkanes) is 40. The summed E-state index contributed by atoms with van der Waals surface area (Å²) in [4.78, 5) is 35.8. The molecule has 0 aromatic heterocycles. The first kappa shape index (κ1) is 81.5. The number of hydrogen-bond donors (Lipinski definition) is 1. The monoisotopic (exact) mass is 1200 g/mol. The maximum atomic E-state index is 12.8. The molecule has 0 saturated carbocycles. The van der Waals surface area contributed by atoms with Crippen molar-refractivity contribution in [2.75, 3.05) is 47.5 Å². The van der Waals surface area contributed by atoms with Crippen LogP contribution in [0.25, 0.3) is 0 Å². The third kappa shape index (κ3) is 68.6. The Morgan fingerprint density at radius 2 is 0.679 bits per heavy atom. The van der Waals surface area contributed by atoms with E-state index in [-0.39, 0.29) is 32.0 Å². The van der Waals surface area contributed by atoms with E-state index in [4.69, 9.17) is 18.5 Å². The average Bonchev–Trinajstić information content (AvgIpc) is 3.61. The smallest absolute Gasteiger partial charge is 0.462 e. The predicted molar refractivity (Wildman–Crippen MR) is 363 cm³/mol. The second-order valence-corrected chi connectivity index (χ2v) is 26.7. The van der Waals surface area contributed by atoms with Gasteiger partial charge in [-0.25, -0.2) is 4.57 Å². The van der Waals surface area contributed by atoms with Crippen LogP contribution in [-0.4, -0.2) is 74.9 Å². The summed E-state index contributed by atoms with van der Waals surface area (Å²) in [6, 6.07) is 0. The van der Waals surface area contributed by atoms with E-state index in [9.17, 15) is 19.0 Å². The Kier molecular flexibility index (Phi) is 62.9. The third-order valence-electron chi connectivity index (χ3n) is 15.7. The fourth-order valence-corrected chi connectivity index (χ4v) is 11.0. The minimum absolute atomic E-state index is 0.0291. The van der Waals surface area contributed by atoms with Gasteiger partial charge in [-0.1, -0.05) is 311 Å². The van der Waals surface area contributed by atoms with Crippen LogP contribution in [0.1, 0.15) is 335 Å². The van der Waals surface area contributed by atoms with Gasteiger partial charge in [0.05, 0.1) is 27.7 Å². The molecule has 2 atom stereocenters. The summed E-state index contributed by atoms with van der Waals surface area (Å²) < 4.78 is 34.7. The van der Waals surface area contributed by atoms with Crippen LogP contribution >= 0.6 is 7.82 Å². The van der Waals surface area contributed by atoms with Gasteiger partial charge in [-0.2, -0.15) is 0 Å². The normalized spacial score (nSPS) is 13.5. The molecule has 0 aromatic carbocycles. The number of phosphoric acid groups is 1. The number of likely N-dealkylation sites (N-methyl/N-ethyl adjacent to an activating group) is 1. The van der Waals surface area contributed by atoms with E-state index < -0.39 is 26.5 Å². The number of esters is 2. The largest absolute Gasteiger partial charge is 0.472 e. The van der Waals surface area contributed by atoms with Crippen molar-refractivity contribution in [2.45, 2.75) is 341 Å². The number of allylic oxidation sites excluding steroid dienone is 12. The second kappa shape index (κ2) is 64.9. The topological polar surface area (TPSA) is 108 Å². The van der Waals surface area contributed by atoms with Gasteiger partial charge in [-0.3, -0.25) is 18.6 Å². The van der Waals surface area contributed by atoms with Crippen molar-refractivity contribution in [3.63, 3.8) is 0 Å². The molecule has 1 N–H and O–H groups in total. The lowest BCUT2D eigenvalue weighted by molar-refractivity contribution is -0.870. The van der Waals surface area contributed by atoms with Gasteiger partial charge < -0.3 is 18.9 Å². The van der Waals surface area contributed by atoms with Crippen molar-refractivity contribution >= 4 is 19.8 Å². The Hall–Kier alpha value is -2.55. The molecule has 0 rings (SSSR count). The van der Waals surface area contributed by atoms with Crippen LogP contribution in [0.15, 0.2) is 72.9 Å². The van der Waals surface area contributed by atoms with Crippen LogP contribution < -0.4 is 0 Å². The molecule has 0 saturated heterocycles. The molecule has 9 nitrogen and oxygen atoms in total. The van der Waals surface area contributed by atoms with E-state index in [0.29, 0.717) is 17.4 Å². The summed E-state index contributed by atoms with van der Waals surface area (Å²) in [6.07, 6.45) is 87.4. The molecule has 0 aliphatic carbocycles. The molecule has 0 aliphatic heterocycles. The summed E-state index contributed by atoms with van der Waals surface area (Å²) >= 11 is 0. The number of quaternary nitrogens is 1. The highest BCUT2D eigenvalue weighted by molar-refractivity contribution is 7.47. The van der Waals surface area contributed by atoms with Gasteiger partial charge in [-0.05, 0) is 83.5 Å². The SMILES string of the molecule is CC/C=C\C/C=C\C/C=C\C/C=C\CCCCCCCCCCC(=O)OC(COC(=O)CCCCCCCCCCCCCCCCCCCCCCCCCCCCC/C=C\C/C=C\CCCCCCC)COP(=O)(O)OCC[N+](C)(C)C. The fourth-order valence-electron chi connectivity index (χ4n) is 10.3. The van der Waals surface area contributed by atoms with Crippen molar-refractivity contribution < 1.29 is 42.1 Å². The summed E-state index contributed by atoms with van der Waals surface area (Å²) in [6.45, 7) is 4.34. The summed E-state index contributed by atoms with van der Waals surface area (Å²) in [7, 11) is 1.48. The number of carbonyl (C=O) groups excluding carboxylic acids is 2. The zero-order chi connectivity index (χ0) is 61.2. The molecule has 0 fully saturated rings. The van der Waals surface area contributed by atoms with E-state index in [2.05, 4.69) is 86.8 Å². The van der Waals surface area contributed by atoms with E-state index in [0.717, 1.165) is 77.0 Å². The van der Waals surface area contributed by atoms with Gasteiger partial charge in [-0.15, -0.1) is 0 Å². The minimum atomic E-state index is -4.39. The minimum Gasteiger partial charge on any atom is -0.462 e. The number of rotatable bonds is 66. The van der Waals surface area contributed by atoms with Crippen molar-refractivity contribution in [1.29, 1.82) is 0 Å². The predicted octanol–water partition coefficient (Wildman–Crippen LogP) is 23.2. The van der Waals surface area contributed by atoms with Gasteiger partial charge in [0.1, 0.15) is 19.8 Å². The van der Waals surface area contributed by atoms with E-state index in [1.807, 2.05) is 21.1 Å². The molecular weight excluding hydrogens is 1060 g/mol. The lowest BCUT2D eigenvalue weighted by Gasteiger charge is -2.24. The number of nitrogens with zero attached hydrogens (tertiary/aromatic N) is 1. The van der Waals surface area contributed by atoms with Crippen LogP contribution in [0.3, 0.4) is 0 Å². The maximum Gasteiger partial charge on any atom is 0.472 e. The average molecular weight is 1200 g/mol. The van der Waals surface area contributed by atoms with E-state index >= 15 is 0 Å². The molecule has 0 heterocycles. The zero-order valence-corrected chi connectivity index (χ0v) is 56.8. The number of hydrogen-bond acceptors (Lipinski definition) is 7. The summed E-state index contributed by atoms with van der Waals surface area (Å²) in [5.74, 6) is -0.795. The standard InChI is InChI=1S/C74H136NO8P/c1-6-8-10-12-14-16-18-20-22-24-26-28-29-30-31-32-33-34-35-36-37-38-39-40-41-42-43-44-45-47-48-50-52-54-56-58-60-62-64-66-73(76)80-70-72(71-82-84(78,79)81-69-68-75(3,4)5)83-74(77)67-65-63-61-59-57-55-53-51-49-46-27-25-23-21-19-17-15-13-11-9-7-2/h9,11,15,17-18,20-21,23-24,26-27,46,72H,6-8,10,12-14,16,19,22,25,28-45,47-71H2,1-5H3/p+1/b11-9-,17-15-,20-18-,23-21-,26-24-,46-27-. The Bertz CT molecular complexity index is 1650. The Labute approximate surface area is 520 Å². The third-order valence-corrected chi connectivity index (χ3v) is 16.7. The van der Waals surface area contributed by atoms with Gasteiger partial charge in [0.2, 0.25) is 0 Å². The quantitative estimate of drug-likeness (QED) is 0.0211. The van der Waals surface area contributed by atoms with Crippen molar-refractivity contribution in [3.05, 3.63) is 72.9 Å². The first-order valence-corrected chi connectivity index (χ1v) is 37.2. The number of carbonyl (C=O) groups is 2. The molecule has 0 amide bonds. The van der Waals surface area contributed by atoms with Crippen LogP contribution in [0, 0.1) is 0 Å². The number of phosphoric ester groups is 1. The molecular formula is C74H137NO8P+. The van der Waals surface area contributed by atoms with E-state index in [1.54, 1.807) is 0 Å². The van der Waals surface area contributed by atoms with Crippen molar-refractivity contribution in [2.24, 2.45) is 0 Å². The molecule has 0 bridgehead atoms. The lowest BCUT2D eigenvalue weighted by atomic mass is 10.0. The molecule has 0 aliphatic rings. The van der Waals surface area contributed by atoms with Gasteiger partial charge in [0, 0.05) is 12.8 Å². The molecule has 0 spiro atoms. The van der Waals surface area contributed by atoms with Crippen LogP contribution in [-0.2, 0) is 32.7 Å². The lowest BCUT2D eigenvalue weighted by Crippen LogP contribution is -2.37.